The summed E-state index contributed by atoms with van der Waals surface area (Å²) in [5, 5.41) is 2.92. The monoisotopic (exact) mass is 508 g/mol. The molecule has 1 atom stereocenters. The van der Waals surface area contributed by atoms with E-state index in [4.69, 9.17) is 4.74 Å². The van der Waals surface area contributed by atoms with Crippen LogP contribution in [0.5, 0.6) is 5.75 Å². The molecule has 0 heterocycles. The standard InChI is InChI=1S/C23H29IN2O3/c1-16(2)13-25-23(28)18(4)26(14-19-8-6-5-7-17(19)3)22(27)15-29-21-11-9-20(24)10-12-21/h5-12,16,18H,13-15H2,1-4H3,(H,25,28)/t18-/m0/s1. The summed E-state index contributed by atoms with van der Waals surface area (Å²) in [6.45, 7) is 8.66. The van der Waals surface area contributed by atoms with Gasteiger partial charge in [0.25, 0.3) is 5.91 Å². The summed E-state index contributed by atoms with van der Waals surface area (Å²) in [6.07, 6.45) is 0. The average molecular weight is 508 g/mol. The van der Waals surface area contributed by atoms with Crippen molar-refractivity contribution in [3.05, 3.63) is 63.2 Å². The fourth-order valence-corrected chi connectivity index (χ4v) is 3.12. The van der Waals surface area contributed by atoms with Crippen molar-refractivity contribution < 1.29 is 14.3 Å². The number of halogens is 1. The Morgan fingerprint density at radius 1 is 1.07 bits per heavy atom. The van der Waals surface area contributed by atoms with Crippen molar-refractivity contribution in [3.8, 4) is 5.75 Å². The quantitative estimate of drug-likeness (QED) is 0.518. The molecule has 2 amide bonds. The van der Waals surface area contributed by atoms with Crippen molar-refractivity contribution in [2.45, 2.75) is 40.3 Å². The Bertz CT molecular complexity index is 821. The highest BCUT2D eigenvalue weighted by Crippen LogP contribution is 2.16. The smallest absolute Gasteiger partial charge is 0.261 e. The summed E-state index contributed by atoms with van der Waals surface area (Å²) in [5.41, 5.74) is 2.09. The number of carbonyl (C=O) groups excluding carboxylic acids is 2. The molecule has 156 valence electrons. The molecule has 1 N–H and O–H groups in total. The molecule has 0 unspecified atom stereocenters. The number of rotatable bonds is 9. The van der Waals surface area contributed by atoms with Gasteiger partial charge < -0.3 is 15.0 Å². The van der Waals surface area contributed by atoms with Crippen LogP contribution >= 0.6 is 22.6 Å². The molecule has 0 bridgehead atoms. The number of nitrogens with one attached hydrogen (secondary N) is 1. The van der Waals surface area contributed by atoms with Crippen LogP contribution in [0.1, 0.15) is 31.9 Å². The van der Waals surface area contributed by atoms with Gasteiger partial charge in [0.15, 0.2) is 6.61 Å². The predicted molar refractivity (Wildman–Crippen MR) is 124 cm³/mol. The number of amides is 2. The van der Waals surface area contributed by atoms with E-state index < -0.39 is 6.04 Å². The molecule has 0 aliphatic rings. The molecule has 0 aliphatic carbocycles. The maximum Gasteiger partial charge on any atom is 0.261 e. The minimum absolute atomic E-state index is 0.117. The van der Waals surface area contributed by atoms with Crippen molar-refractivity contribution in [1.82, 2.24) is 10.2 Å². The van der Waals surface area contributed by atoms with Gasteiger partial charge in [-0.05, 0) is 77.7 Å². The van der Waals surface area contributed by atoms with Crippen LogP contribution in [-0.2, 0) is 16.1 Å². The first kappa shape index (κ1) is 23.2. The number of benzene rings is 2. The molecule has 0 aromatic heterocycles. The zero-order chi connectivity index (χ0) is 21.4. The zero-order valence-corrected chi connectivity index (χ0v) is 19.6. The molecule has 2 aromatic rings. The molecule has 0 spiro atoms. The second kappa shape index (κ2) is 11.2. The molecule has 0 radical (unpaired) electrons. The molecular weight excluding hydrogens is 479 g/mol. The second-order valence-electron chi connectivity index (χ2n) is 7.51. The maximum absolute atomic E-state index is 13.0. The molecule has 2 aromatic carbocycles. The summed E-state index contributed by atoms with van der Waals surface area (Å²) >= 11 is 2.22. The van der Waals surface area contributed by atoms with Gasteiger partial charge in [-0.1, -0.05) is 38.1 Å². The number of ether oxygens (including phenoxy) is 1. The summed E-state index contributed by atoms with van der Waals surface area (Å²) in [6, 6.07) is 14.8. The van der Waals surface area contributed by atoms with Crippen molar-refractivity contribution >= 4 is 34.4 Å². The van der Waals surface area contributed by atoms with Crippen LogP contribution in [0.25, 0.3) is 0 Å². The molecule has 6 heteroatoms. The van der Waals surface area contributed by atoms with Crippen LogP contribution in [0.15, 0.2) is 48.5 Å². The predicted octanol–water partition coefficient (Wildman–Crippen LogP) is 4.17. The molecule has 0 saturated carbocycles. The van der Waals surface area contributed by atoms with Crippen LogP contribution in [0.4, 0.5) is 0 Å². The fraction of sp³-hybridized carbons (Fsp3) is 0.391. The van der Waals surface area contributed by atoms with E-state index >= 15 is 0 Å². The van der Waals surface area contributed by atoms with Crippen LogP contribution in [0.3, 0.4) is 0 Å². The van der Waals surface area contributed by atoms with Gasteiger partial charge in [-0.2, -0.15) is 0 Å². The lowest BCUT2D eigenvalue weighted by atomic mass is 10.1. The largest absolute Gasteiger partial charge is 0.484 e. The van der Waals surface area contributed by atoms with Crippen LogP contribution in [0.2, 0.25) is 0 Å². The average Bonchev–Trinajstić information content (AvgIpc) is 2.70. The van der Waals surface area contributed by atoms with Gasteiger partial charge in [0.05, 0.1) is 0 Å². The highest BCUT2D eigenvalue weighted by Gasteiger charge is 2.26. The SMILES string of the molecule is Cc1ccccc1CN(C(=O)COc1ccc(I)cc1)[C@@H](C)C(=O)NCC(C)C. The lowest BCUT2D eigenvalue weighted by Gasteiger charge is -2.29. The molecule has 29 heavy (non-hydrogen) atoms. The Morgan fingerprint density at radius 2 is 1.72 bits per heavy atom. The summed E-state index contributed by atoms with van der Waals surface area (Å²) in [4.78, 5) is 27.2. The van der Waals surface area contributed by atoms with Crippen molar-refractivity contribution in [3.63, 3.8) is 0 Å². The molecule has 2 rings (SSSR count). The summed E-state index contributed by atoms with van der Waals surface area (Å²) < 4.78 is 6.77. The van der Waals surface area contributed by atoms with Gasteiger partial charge in [-0.25, -0.2) is 0 Å². The van der Waals surface area contributed by atoms with Crippen molar-refractivity contribution in [1.29, 1.82) is 0 Å². The maximum atomic E-state index is 13.0. The van der Waals surface area contributed by atoms with E-state index in [1.54, 1.807) is 11.8 Å². The minimum atomic E-state index is -0.596. The van der Waals surface area contributed by atoms with Gasteiger partial charge in [-0.15, -0.1) is 0 Å². The van der Waals surface area contributed by atoms with E-state index in [0.717, 1.165) is 14.7 Å². The highest BCUT2D eigenvalue weighted by atomic mass is 127. The molecule has 0 aliphatic heterocycles. The zero-order valence-electron chi connectivity index (χ0n) is 17.4. The lowest BCUT2D eigenvalue weighted by molar-refractivity contribution is -0.142. The van der Waals surface area contributed by atoms with E-state index in [1.165, 1.54) is 0 Å². The number of hydrogen-bond donors (Lipinski definition) is 1. The lowest BCUT2D eigenvalue weighted by Crippen LogP contribution is -2.49. The third-order valence-corrected chi connectivity index (χ3v) is 5.35. The summed E-state index contributed by atoms with van der Waals surface area (Å²) in [7, 11) is 0. The van der Waals surface area contributed by atoms with Gasteiger partial charge in [0, 0.05) is 16.7 Å². The molecule has 5 nitrogen and oxygen atoms in total. The first-order chi connectivity index (χ1) is 13.8. The molecule has 0 fully saturated rings. The number of carbonyl (C=O) groups is 2. The Morgan fingerprint density at radius 3 is 2.34 bits per heavy atom. The Labute approximate surface area is 187 Å². The first-order valence-corrected chi connectivity index (χ1v) is 10.9. The third-order valence-electron chi connectivity index (χ3n) is 4.63. The van der Waals surface area contributed by atoms with Gasteiger partial charge in [0.2, 0.25) is 5.91 Å². The van der Waals surface area contributed by atoms with Crippen LogP contribution in [0, 0.1) is 16.4 Å². The Hall–Kier alpha value is -2.09. The Balaban J connectivity index is 2.13. The van der Waals surface area contributed by atoms with E-state index in [0.29, 0.717) is 24.8 Å². The third kappa shape index (κ3) is 7.34. The Kier molecular flexibility index (Phi) is 8.95. The highest BCUT2D eigenvalue weighted by molar-refractivity contribution is 14.1. The van der Waals surface area contributed by atoms with Gasteiger partial charge >= 0.3 is 0 Å². The van der Waals surface area contributed by atoms with E-state index in [-0.39, 0.29) is 18.4 Å². The molecular formula is C23H29IN2O3. The molecule has 0 saturated heterocycles. The van der Waals surface area contributed by atoms with E-state index in [9.17, 15) is 9.59 Å². The first-order valence-electron chi connectivity index (χ1n) is 9.78. The summed E-state index contributed by atoms with van der Waals surface area (Å²) in [5.74, 6) is 0.594. The number of aryl methyl sites for hydroxylation is 1. The topological polar surface area (TPSA) is 58.6 Å². The van der Waals surface area contributed by atoms with Crippen molar-refractivity contribution in [2.24, 2.45) is 5.92 Å². The van der Waals surface area contributed by atoms with E-state index in [2.05, 4.69) is 27.9 Å². The van der Waals surface area contributed by atoms with Gasteiger partial charge in [0.1, 0.15) is 11.8 Å². The minimum Gasteiger partial charge on any atom is -0.484 e. The number of hydrogen-bond acceptors (Lipinski definition) is 3. The van der Waals surface area contributed by atoms with Crippen molar-refractivity contribution in [2.75, 3.05) is 13.2 Å². The van der Waals surface area contributed by atoms with Crippen LogP contribution in [-0.4, -0.2) is 35.9 Å². The van der Waals surface area contributed by atoms with Gasteiger partial charge in [-0.3, -0.25) is 9.59 Å². The van der Waals surface area contributed by atoms with Crippen LogP contribution < -0.4 is 10.1 Å². The number of nitrogens with zero attached hydrogens (tertiary/aromatic N) is 1. The second-order valence-corrected chi connectivity index (χ2v) is 8.75. The van der Waals surface area contributed by atoms with E-state index in [1.807, 2.05) is 69.3 Å². The normalized spacial score (nSPS) is 11.8. The fourth-order valence-electron chi connectivity index (χ4n) is 2.76.